The summed E-state index contributed by atoms with van der Waals surface area (Å²) in [6.07, 6.45) is 0. The fourth-order valence-electron chi connectivity index (χ4n) is 0.960. The van der Waals surface area contributed by atoms with Gasteiger partial charge in [0.2, 0.25) is 0 Å². The van der Waals surface area contributed by atoms with E-state index in [9.17, 15) is 4.79 Å². The number of carbonyl (C=O) groups is 1. The van der Waals surface area contributed by atoms with Gasteiger partial charge in [0.15, 0.2) is 5.78 Å². The maximum absolute atomic E-state index is 11.0. The second-order valence-electron chi connectivity index (χ2n) is 2.59. The summed E-state index contributed by atoms with van der Waals surface area (Å²) in [5, 5.41) is 0. The number of carbonyl (C=O) groups excluding carboxylic acids is 1. The molecule has 0 heterocycles. The molecule has 0 aliphatic heterocycles. The molecule has 0 saturated carbocycles. The van der Waals surface area contributed by atoms with Crippen LogP contribution in [0.1, 0.15) is 17.3 Å². The number of ketones is 1. The molecule has 1 aromatic carbocycles. The van der Waals surface area contributed by atoms with Crippen molar-refractivity contribution in [1.29, 1.82) is 0 Å². The predicted molar refractivity (Wildman–Crippen MR) is 49.7 cm³/mol. The highest BCUT2D eigenvalue weighted by molar-refractivity contribution is 6.03. The van der Waals surface area contributed by atoms with Crippen LogP contribution in [-0.4, -0.2) is 5.78 Å². The van der Waals surface area contributed by atoms with Crippen LogP contribution >= 0.6 is 0 Å². The van der Waals surface area contributed by atoms with Crippen molar-refractivity contribution in [1.82, 2.24) is 0 Å². The van der Waals surface area contributed by atoms with Crippen molar-refractivity contribution in [2.75, 3.05) is 17.2 Å². The highest BCUT2D eigenvalue weighted by atomic mass is 16.1. The topological polar surface area (TPSA) is 95.1 Å². The average Bonchev–Trinajstić information content (AvgIpc) is 2.00. The quantitative estimate of drug-likeness (QED) is 0.420. The van der Waals surface area contributed by atoms with Crippen molar-refractivity contribution in [3.05, 3.63) is 17.7 Å². The Morgan fingerprint density at radius 2 is 1.75 bits per heavy atom. The van der Waals surface area contributed by atoms with E-state index in [-0.39, 0.29) is 17.2 Å². The van der Waals surface area contributed by atoms with Gasteiger partial charge in [0.25, 0.3) is 0 Å². The Morgan fingerprint density at radius 1 is 1.17 bits per heavy atom. The standard InChI is InChI=1S/C8H11N3O/c1-4(12)5-2-3-6(9)8(11)7(5)10/h2-3H,9-11H2,1H3. The maximum atomic E-state index is 11.0. The monoisotopic (exact) mass is 165 g/mol. The molecule has 0 bridgehead atoms. The minimum Gasteiger partial charge on any atom is -0.397 e. The van der Waals surface area contributed by atoms with Gasteiger partial charge in [-0.05, 0) is 19.1 Å². The first-order chi connectivity index (χ1) is 5.54. The van der Waals surface area contributed by atoms with Gasteiger partial charge in [-0.25, -0.2) is 0 Å². The summed E-state index contributed by atoms with van der Waals surface area (Å²) in [6.45, 7) is 1.43. The van der Waals surface area contributed by atoms with Crippen LogP contribution in [0.25, 0.3) is 0 Å². The number of hydrogen-bond acceptors (Lipinski definition) is 4. The lowest BCUT2D eigenvalue weighted by Crippen LogP contribution is -2.05. The van der Waals surface area contributed by atoms with Crippen molar-refractivity contribution in [3.63, 3.8) is 0 Å². The number of rotatable bonds is 1. The normalized spacial score (nSPS) is 9.75. The molecule has 0 aromatic heterocycles. The number of benzene rings is 1. The molecule has 0 saturated heterocycles. The van der Waals surface area contributed by atoms with E-state index in [4.69, 9.17) is 17.2 Å². The van der Waals surface area contributed by atoms with E-state index in [1.165, 1.54) is 6.92 Å². The first kappa shape index (κ1) is 8.39. The molecule has 0 spiro atoms. The zero-order valence-corrected chi connectivity index (χ0v) is 6.79. The molecule has 0 atom stereocenters. The van der Waals surface area contributed by atoms with E-state index in [0.29, 0.717) is 11.3 Å². The van der Waals surface area contributed by atoms with Crippen LogP contribution in [0.2, 0.25) is 0 Å². The first-order valence-corrected chi connectivity index (χ1v) is 3.48. The molecule has 1 rings (SSSR count). The lowest BCUT2D eigenvalue weighted by molar-refractivity contribution is 0.101. The Bertz CT molecular complexity index is 333. The third-order valence-corrected chi connectivity index (χ3v) is 1.70. The molecule has 64 valence electrons. The average molecular weight is 165 g/mol. The van der Waals surface area contributed by atoms with Crippen LogP contribution in [-0.2, 0) is 0 Å². The number of nitrogens with two attached hydrogens (primary N) is 3. The molecule has 0 aliphatic rings. The summed E-state index contributed by atoms with van der Waals surface area (Å²) in [5.41, 5.74) is 17.9. The van der Waals surface area contributed by atoms with E-state index in [2.05, 4.69) is 0 Å². The zero-order chi connectivity index (χ0) is 9.30. The van der Waals surface area contributed by atoms with Crippen molar-refractivity contribution < 1.29 is 4.79 Å². The van der Waals surface area contributed by atoms with Crippen LogP contribution in [0, 0.1) is 0 Å². The molecular formula is C8H11N3O. The van der Waals surface area contributed by atoms with Crippen LogP contribution in [0.3, 0.4) is 0 Å². The Balaban J connectivity index is 3.36. The van der Waals surface area contributed by atoms with E-state index >= 15 is 0 Å². The van der Waals surface area contributed by atoms with Gasteiger partial charge in [-0.2, -0.15) is 0 Å². The minimum atomic E-state index is -0.112. The van der Waals surface area contributed by atoms with Gasteiger partial charge >= 0.3 is 0 Å². The van der Waals surface area contributed by atoms with Crippen molar-refractivity contribution >= 4 is 22.8 Å². The molecule has 6 N–H and O–H groups in total. The summed E-state index contributed by atoms with van der Waals surface area (Å²) in [5.74, 6) is -0.112. The Kier molecular flexibility index (Phi) is 1.91. The van der Waals surface area contributed by atoms with E-state index in [1.54, 1.807) is 12.1 Å². The number of hydrogen-bond donors (Lipinski definition) is 3. The number of nitrogen functional groups attached to an aromatic ring is 3. The van der Waals surface area contributed by atoms with E-state index in [0.717, 1.165) is 0 Å². The summed E-state index contributed by atoms with van der Waals surface area (Å²) < 4.78 is 0. The van der Waals surface area contributed by atoms with E-state index < -0.39 is 0 Å². The smallest absolute Gasteiger partial charge is 0.161 e. The molecule has 0 aliphatic carbocycles. The first-order valence-electron chi connectivity index (χ1n) is 3.48. The fourth-order valence-corrected chi connectivity index (χ4v) is 0.960. The number of anilines is 3. The van der Waals surface area contributed by atoms with Gasteiger partial charge in [-0.1, -0.05) is 0 Å². The highest BCUT2D eigenvalue weighted by Crippen LogP contribution is 2.26. The molecule has 12 heavy (non-hydrogen) atoms. The maximum Gasteiger partial charge on any atom is 0.161 e. The largest absolute Gasteiger partial charge is 0.397 e. The third kappa shape index (κ3) is 1.18. The van der Waals surface area contributed by atoms with Gasteiger partial charge in [0.05, 0.1) is 17.1 Å². The van der Waals surface area contributed by atoms with Crippen molar-refractivity contribution in [3.8, 4) is 0 Å². The molecule has 0 unspecified atom stereocenters. The predicted octanol–water partition coefficient (Wildman–Crippen LogP) is 0.636. The Hall–Kier alpha value is -1.71. The molecule has 4 nitrogen and oxygen atoms in total. The second kappa shape index (κ2) is 2.73. The van der Waals surface area contributed by atoms with Crippen LogP contribution in [0.4, 0.5) is 17.1 Å². The Morgan fingerprint density at radius 3 is 2.25 bits per heavy atom. The van der Waals surface area contributed by atoms with Gasteiger partial charge in [-0.15, -0.1) is 0 Å². The summed E-state index contributed by atoms with van der Waals surface area (Å²) in [4.78, 5) is 11.0. The molecule has 0 amide bonds. The van der Waals surface area contributed by atoms with Crippen molar-refractivity contribution in [2.24, 2.45) is 0 Å². The van der Waals surface area contributed by atoms with Crippen molar-refractivity contribution in [2.45, 2.75) is 6.92 Å². The lowest BCUT2D eigenvalue weighted by Gasteiger charge is -2.07. The molecule has 4 heteroatoms. The van der Waals surface area contributed by atoms with Crippen LogP contribution in [0.15, 0.2) is 12.1 Å². The third-order valence-electron chi connectivity index (χ3n) is 1.70. The zero-order valence-electron chi connectivity index (χ0n) is 6.79. The highest BCUT2D eigenvalue weighted by Gasteiger charge is 2.08. The fraction of sp³-hybridized carbons (Fsp3) is 0.125. The SMILES string of the molecule is CC(=O)c1ccc(N)c(N)c1N. The Labute approximate surface area is 70.3 Å². The summed E-state index contributed by atoms with van der Waals surface area (Å²) in [6, 6.07) is 3.14. The van der Waals surface area contributed by atoms with E-state index in [1.807, 2.05) is 0 Å². The van der Waals surface area contributed by atoms with Crippen LogP contribution < -0.4 is 17.2 Å². The molecular weight excluding hydrogens is 154 g/mol. The van der Waals surface area contributed by atoms with Gasteiger partial charge < -0.3 is 17.2 Å². The summed E-state index contributed by atoms with van der Waals surface area (Å²) >= 11 is 0. The van der Waals surface area contributed by atoms with Gasteiger partial charge in [0, 0.05) is 5.56 Å². The van der Waals surface area contributed by atoms with Crippen LogP contribution in [0.5, 0.6) is 0 Å². The second-order valence-corrected chi connectivity index (χ2v) is 2.59. The number of Topliss-reactive ketones (excluding diaryl/α,β-unsaturated/α-hetero) is 1. The minimum absolute atomic E-state index is 0.112. The molecule has 0 radical (unpaired) electrons. The van der Waals surface area contributed by atoms with Gasteiger partial charge in [-0.3, -0.25) is 4.79 Å². The molecule has 0 fully saturated rings. The molecule has 1 aromatic rings. The lowest BCUT2D eigenvalue weighted by atomic mass is 10.1. The van der Waals surface area contributed by atoms with Gasteiger partial charge in [0.1, 0.15) is 0 Å². The summed E-state index contributed by atoms with van der Waals surface area (Å²) in [7, 11) is 0.